The molecule has 0 bridgehead atoms. The number of aromatic hydroxyl groups is 1. The summed E-state index contributed by atoms with van der Waals surface area (Å²) < 4.78 is 6.27. The Balaban J connectivity index is 1.65. The van der Waals surface area contributed by atoms with Gasteiger partial charge in [0.05, 0.1) is 17.2 Å². The molecule has 4 N–H and O–H groups in total. The summed E-state index contributed by atoms with van der Waals surface area (Å²) in [6.45, 7) is 0. The third-order valence-corrected chi connectivity index (χ3v) is 5.59. The molecule has 1 fully saturated rings. The van der Waals surface area contributed by atoms with Gasteiger partial charge in [-0.05, 0) is 61.6 Å². The lowest BCUT2D eigenvalue weighted by molar-refractivity contribution is 0.0697. The Morgan fingerprint density at radius 1 is 1.09 bits per heavy atom. The number of phenolic OH excluding ortho intramolecular Hbond substituents is 1. The summed E-state index contributed by atoms with van der Waals surface area (Å²) in [5, 5.41) is 29.6. The molecule has 4 aromatic rings. The van der Waals surface area contributed by atoms with Gasteiger partial charge in [0, 0.05) is 5.56 Å². The zero-order valence-corrected chi connectivity index (χ0v) is 16.8. The van der Waals surface area contributed by atoms with Gasteiger partial charge < -0.3 is 19.9 Å². The molecule has 162 valence electrons. The molecule has 2 heterocycles. The Morgan fingerprint density at radius 3 is 2.69 bits per heavy atom. The predicted molar refractivity (Wildman–Crippen MR) is 115 cm³/mol. The molecule has 1 saturated carbocycles. The van der Waals surface area contributed by atoms with Crippen LogP contribution in [0, 0.1) is 0 Å². The average Bonchev–Trinajstić information content (AvgIpc) is 3.46. The fourth-order valence-electron chi connectivity index (χ4n) is 3.96. The van der Waals surface area contributed by atoms with Crippen molar-refractivity contribution in [1.82, 2.24) is 25.4 Å². The molecule has 0 aliphatic heterocycles. The van der Waals surface area contributed by atoms with Gasteiger partial charge >= 0.3 is 5.97 Å². The third-order valence-electron chi connectivity index (χ3n) is 5.59. The summed E-state index contributed by atoms with van der Waals surface area (Å²) >= 11 is 0. The Kier molecular flexibility index (Phi) is 4.81. The quantitative estimate of drug-likeness (QED) is 0.374. The van der Waals surface area contributed by atoms with Crippen molar-refractivity contribution in [2.24, 2.45) is 0 Å². The second kappa shape index (κ2) is 7.80. The number of carboxylic acid groups (broad SMARTS) is 1. The molecular weight excluding hydrogens is 414 g/mol. The highest BCUT2D eigenvalue weighted by atomic mass is 16.5. The van der Waals surface area contributed by atoms with Crippen LogP contribution in [0.2, 0.25) is 0 Å². The zero-order valence-electron chi connectivity index (χ0n) is 16.8. The van der Waals surface area contributed by atoms with Crippen molar-refractivity contribution in [3.05, 3.63) is 52.3 Å². The first-order valence-corrected chi connectivity index (χ1v) is 10.2. The van der Waals surface area contributed by atoms with E-state index in [2.05, 4.69) is 25.4 Å². The molecule has 1 aliphatic carbocycles. The van der Waals surface area contributed by atoms with Gasteiger partial charge in [0.15, 0.2) is 11.2 Å². The fraction of sp³-hybridized carbons (Fsp3) is 0.227. The van der Waals surface area contributed by atoms with Crippen LogP contribution >= 0.6 is 0 Å². The molecule has 2 aromatic carbocycles. The Morgan fingerprint density at radius 2 is 1.91 bits per heavy atom. The van der Waals surface area contributed by atoms with Crippen molar-refractivity contribution in [1.29, 1.82) is 0 Å². The summed E-state index contributed by atoms with van der Waals surface area (Å²) in [5.41, 5.74) is 1.50. The Bertz CT molecular complexity index is 1390. The average molecular weight is 433 g/mol. The maximum Gasteiger partial charge on any atom is 0.335 e. The minimum Gasteiger partial charge on any atom is -0.507 e. The Labute approximate surface area is 180 Å². The number of benzene rings is 2. The highest BCUT2D eigenvalue weighted by molar-refractivity contribution is 5.91. The van der Waals surface area contributed by atoms with Crippen molar-refractivity contribution < 1.29 is 19.7 Å². The summed E-state index contributed by atoms with van der Waals surface area (Å²) in [6.07, 6.45) is 3.99. The first-order chi connectivity index (χ1) is 15.5. The number of aromatic carboxylic acids is 1. The molecule has 0 radical (unpaired) electrons. The molecule has 0 spiro atoms. The number of hydrogen-bond donors (Lipinski definition) is 4. The predicted octanol–water partition coefficient (Wildman–Crippen LogP) is 3.10. The number of nitrogens with zero attached hydrogens (tertiary/aromatic N) is 3. The van der Waals surface area contributed by atoms with Crippen LogP contribution in [0.25, 0.3) is 33.7 Å². The largest absolute Gasteiger partial charge is 0.507 e. The molecule has 10 nitrogen and oxygen atoms in total. The van der Waals surface area contributed by atoms with E-state index in [1.165, 1.54) is 18.2 Å². The van der Waals surface area contributed by atoms with Crippen LogP contribution < -0.4 is 10.3 Å². The molecule has 0 saturated heterocycles. The number of H-pyrrole nitrogens is 2. The number of fused-ring (bicyclic) bond motifs is 1. The van der Waals surface area contributed by atoms with E-state index in [1.54, 1.807) is 18.2 Å². The van der Waals surface area contributed by atoms with E-state index in [0.29, 0.717) is 22.4 Å². The number of carbonyl (C=O) groups is 1. The summed E-state index contributed by atoms with van der Waals surface area (Å²) in [6, 6.07) is 9.27. The van der Waals surface area contributed by atoms with E-state index in [1.807, 2.05) is 0 Å². The standard InChI is InChI=1S/C22H19N5O5/c28-16-8-6-12(22(30)31)9-15(16)11-5-7-14(17(10-11)32-13-3-1-2-4-13)19-23-20-18(21(29)24-19)25-27-26-20/h5-10,13,28H,1-4H2,(H,30,31)(H2,23,24,25,26,27,29). The van der Waals surface area contributed by atoms with Gasteiger partial charge in [-0.3, -0.25) is 4.79 Å². The first kappa shape index (κ1) is 19.7. The second-order valence-electron chi connectivity index (χ2n) is 7.70. The summed E-state index contributed by atoms with van der Waals surface area (Å²) in [5.74, 6) is -0.374. The van der Waals surface area contributed by atoms with Gasteiger partial charge in [0.25, 0.3) is 5.56 Å². The highest BCUT2D eigenvalue weighted by Gasteiger charge is 2.21. The number of phenols is 1. The third kappa shape index (κ3) is 3.55. The molecule has 2 aromatic heterocycles. The molecule has 0 atom stereocenters. The van der Waals surface area contributed by atoms with Gasteiger partial charge in [-0.15, -0.1) is 5.10 Å². The van der Waals surface area contributed by atoms with Gasteiger partial charge in [-0.2, -0.15) is 0 Å². The Hall–Kier alpha value is -4.21. The number of nitrogens with one attached hydrogen (secondary N) is 2. The van der Waals surface area contributed by atoms with Crippen LogP contribution in [0.1, 0.15) is 36.0 Å². The molecule has 1 aliphatic rings. The normalized spacial score (nSPS) is 14.1. The number of rotatable bonds is 5. The van der Waals surface area contributed by atoms with Crippen molar-refractivity contribution in [2.45, 2.75) is 31.8 Å². The maximum atomic E-state index is 12.4. The first-order valence-electron chi connectivity index (χ1n) is 10.2. The van der Waals surface area contributed by atoms with Crippen molar-refractivity contribution >= 4 is 17.1 Å². The summed E-state index contributed by atoms with van der Waals surface area (Å²) in [4.78, 5) is 30.9. The van der Waals surface area contributed by atoms with Crippen LogP contribution in [0.5, 0.6) is 11.5 Å². The molecule has 5 rings (SSSR count). The lowest BCUT2D eigenvalue weighted by atomic mass is 9.99. The van der Waals surface area contributed by atoms with Crippen molar-refractivity contribution in [2.75, 3.05) is 0 Å². The van der Waals surface area contributed by atoms with E-state index >= 15 is 0 Å². The zero-order chi connectivity index (χ0) is 22.2. The number of aromatic amines is 2. The van der Waals surface area contributed by atoms with Gasteiger partial charge in [0.2, 0.25) is 0 Å². The number of carboxylic acids is 1. The van der Waals surface area contributed by atoms with Gasteiger partial charge in [0.1, 0.15) is 17.3 Å². The smallest absolute Gasteiger partial charge is 0.335 e. The lowest BCUT2D eigenvalue weighted by Crippen LogP contribution is -2.13. The minimum atomic E-state index is -1.09. The molecule has 0 amide bonds. The molecule has 10 heteroatoms. The molecule has 0 unspecified atom stereocenters. The monoisotopic (exact) mass is 433 g/mol. The van der Waals surface area contributed by atoms with Gasteiger partial charge in [-0.1, -0.05) is 11.3 Å². The van der Waals surface area contributed by atoms with Crippen LogP contribution in [0.3, 0.4) is 0 Å². The van der Waals surface area contributed by atoms with Crippen molar-refractivity contribution in [3.63, 3.8) is 0 Å². The van der Waals surface area contributed by atoms with Crippen LogP contribution in [0.15, 0.2) is 41.2 Å². The second-order valence-corrected chi connectivity index (χ2v) is 7.70. The summed E-state index contributed by atoms with van der Waals surface area (Å²) in [7, 11) is 0. The van der Waals surface area contributed by atoms with E-state index < -0.39 is 11.5 Å². The van der Waals surface area contributed by atoms with Crippen LogP contribution in [0.4, 0.5) is 0 Å². The van der Waals surface area contributed by atoms with E-state index in [9.17, 15) is 19.8 Å². The van der Waals surface area contributed by atoms with Crippen LogP contribution in [-0.2, 0) is 0 Å². The topological polar surface area (TPSA) is 154 Å². The maximum absolute atomic E-state index is 12.4. The van der Waals surface area contributed by atoms with E-state index in [-0.39, 0.29) is 34.4 Å². The lowest BCUT2D eigenvalue weighted by Gasteiger charge is -2.18. The highest BCUT2D eigenvalue weighted by Crippen LogP contribution is 2.38. The molecular formula is C22H19N5O5. The van der Waals surface area contributed by atoms with E-state index in [4.69, 9.17) is 4.74 Å². The number of ether oxygens (including phenoxy) is 1. The fourth-order valence-corrected chi connectivity index (χ4v) is 3.96. The van der Waals surface area contributed by atoms with Crippen molar-refractivity contribution in [3.8, 4) is 34.0 Å². The van der Waals surface area contributed by atoms with Gasteiger partial charge in [-0.25, -0.2) is 14.9 Å². The van der Waals surface area contributed by atoms with Crippen LogP contribution in [-0.4, -0.2) is 47.7 Å². The van der Waals surface area contributed by atoms with E-state index in [0.717, 1.165) is 25.7 Å². The minimum absolute atomic E-state index is 0.0206. The molecule has 32 heavy (non-hydrogen) atoms. The number of hydrogen-bond acceptors (Lipinski definition) is 7. The number of aromatic nitrogens is 5. The SMILES string of the molecule is O=C(O)c1ccc(O)c(-c2ccc(-c3nc4[nH]nnc4c(=O)[nH]3)c(OC3CCCC3)c2)c1.